The molecule has 0 radical (unpaired) electrons. The Balaban J connectivity index is 2.11. The van der Waals surface area contributed by atoms with E-state index in [0.717, 1.165) is 0 Å². The van der Waals surface area contributed by atoms with Crippen molar-refractivity contribution < 1.29 is 0 Å². The molecule has 0 bridgehead atoms. The van der Waals surface area contributed by atoms with Gasteiger partial charge in [0.25, 0.3) is 0 Å². The number of fused-ring (bicyclic) bond motifs is 1. The van der Waals surface area contributed by atoms with Gasteiger partial charge in [0.1, 0.15) is 0 Å². The zero-order valence-corrected chi connectivity index (χ0v) is 10.7. The third kappa shape index (κ3) is 2.51. The number of halogens is 1. The van der Waals surface area contributed by atoms with E-state index in [1.807, 2.05) is 11.8 Å². The second-order valence-electron chi connectivity index (χ2n) is 4.18. The Bertz CT molecular complexity index is 324. The van der Waals surface area contributed by atoms with E-state index in [9.17, 15) is 0 Å². The summed E-state index contributed by atoms with van der Waals surface area (Å²) in [6, 6.07) is 8.63. The van der Waals surface area contributed by atoms with Gasteiger partial charge in [-0.3, -0.25) is 0 Å². The van der Waals surface area contributed by atoms with E-state index in [1.165, 1.54) is 36.1 Å². The lowest BCUT2D eigenvalue weighted by Gasteiger charge is -2.29. The number of alkyl halides is 1. The molecule has 2 unspecified atom stereocenters. The first-order chi connectivity index (χ1) is 7.33. The van der Waals surface area contributed by atoms with E-state index < -0.39 is 0 Å². The zero-order chi connectivity index (χ0) is 10.7. The van der Waals surface area contributed by atoms with Gasteiger partial charge in [0.05, 0.1) is 5.38 Å². The van der Waals surface area contributed by atoms with Crippen LogP contribution in [0.1, 0.15) is 29.3 Å². The van der Waals surface area contributed by atoms with Gasteiger partial charge >= 0.3 is 0 Å². The van der Waals surface area contributed by atoms with Gasteiger partial charge in [-0.05, 0) is 48.3 Å². The predicted octanol–water partition coefficient (Wildman–Crippen LogP) is 4.28. The topological polar surface area (TPSA) is 0 Å². The molecule has 2 rings (SSSR count). The number of aryl methyl sites for hydroxylation is 1. The molecule has 0 aromatic heterocycles. The molecule has 0 N–H and O–H groups in total. The third-order valence-electron chi connectivity index (χ3n) is 3.24. The van der Waals surface area contributed by atoms with Crippen LogP contribution in [-0.4, -0.2) is 12.0 Å². The van der Waals surface area contributed by atoms with Gasteiger partial charge in [-0.25, -0.2) is 0 Å². The number of hydrogen-bond acceptors (Lipinski definition) is 1. The lowest BCUT2D eigenvalue weighted by Crippen LogP contribution is -2.17. The summed E-state index contributed by atoms with van der Waals surface area (Å²) < 4.78 is 0. The molecule has 0 aliphatic heterocycles. The lowest BCUT2D eigenvalue weighted by atomic mass is 9.82. The van der Waals surface area contributed by atoms with Crippen LogP contribution in [0, 0.1) is 5.92 Å². The minimum Gasteiger partial charge on any atom is -0.165 e. The van der Waals surface area contributed by atoms with Crippen LogP contribution in [0.3, 0.4) is 0 Å². The fourth-order valence-electron chi connectivity index (χ4n) is 2.33. The van der Waals surface area contributed by atoms with E-state index in [-0.39, 0.29) is 5.38 Å². The second-order valence-corrected chi connectivity index (χ2v) is 5.64. The predicted molar refractivity (Wildman–Crippen MR) is 69.8 cm³/mol. The van der Waals surface area contributed by atoms with Crippen molar-refractivity contribution in [3.8, 4) is 0 Å². The largest absolute Gasteiger partial charge is 0.165 e. The summed E-state index contributed by atoms with van der Waals surface area (Å²) in [5, 5.41) is 0.238. The zero-order valence-electron chi connectivity index (χ0n) is 9.08. The lowest BCUT2D eigenvalue weighted by molar-refractivity contribution is 0.434. The molecule has 82 valence electrons. The first-order valence-electron chi connectivity index (χ1n) is 5.53. The standard InChI is InChI=1S/C13H17ClS/c1-15-9-8-11-7-6-10-4-2-3-5-12(10)13(11)14/h2-5,11,13H,6-9H2,1H3. The Morgan fingerprint density at radius 2 is 2.20 bits per heavy atom. The highest BCUT2D eigenvalue weighted by atomic mass is 35.5. The first-order valence-corrected chi connectivity index (χ1v) is 7.36. The molecule has 1 aliphatic rings. The summed E-state index contributed by atoms with van der Waals surface area (Å²) in [5.41, 5.74) is 2.83. The number of thioether (sulfide) groups is 1. The molecule has 1 aliphatic carbocycles. The van der Waals surface area contributed by atoms with Crippen molar-refractivity contribution in [1.29, 1.82) is 0 Å². The molecule has 1 aromatic rings. The van der Waals surface area contributed by atoms with E-state index in [4.69, 9.17) is 11.6 Å². The fraction of sp³-hybridized carbons (Fsp3) is 0.538. The molecule has 2 atom stereocenters. The van der Waals surface area contributed by atoms with Crippen LogP contribution in [0.5, 0.6) is 0 Å². The van der Waals surface area contributed by atoms with Crippen LogP contribution in [-0.2, 0) is 6.42 Å². The maximum Gasteiger partial charge on any atom is 0.0616 e. The molecule has 0 spiro atoms. The molecular formula is C13H17ClS. The van der Waals surface area contributed by atoms with Crippen LogP contribution in [0.15, 0.2) is 24.3 Å². The molecule has 15 heavy (non-hydrogen) atoms. The maximum atomic E-state index is 6.54. The van der Waals surface area contributed by atoms with E-state index in [0.29, 0.717) is 5.92 Å². The molecule has 0 saturated heterocycles. The van der Waals surface area contributed by atoms with Crippen molar-refractivity contribution in [2.45, 2.75) is 24.6 Å². The highest BCUT2D eigenvalue weighted by Crippen LogP contribution is 2.40. The van der Waals surface area contributed by atoms with Crippen LogP contribution in [0.2, 0.25) is 0 Å². The SMILES string of the molecule is CSCCC1CCc2ccccc2C1Cl. The van der Waals surface area contributed by atoms with Crippen molar-refractivity contribution in [3.63, 3.8) is 0 Å². The smallest absolute Gasteiger partial charge is 0.0616 e. The molecular weight excluding hydrogens is 224 g/mol. The summed E-state index contributed by atoms with van der Waals surface area (Å²) >= 11 is 8.46. The van der Waals surface area contributed by atoms with Crippen molar-refractivity contribution in [2.24, 2.45) is 5.92 Å². The Labute approximate surface area is 101 Å². The highest BCUT2D eigenvalue weighted by Gasteiger charge is 2.26. The second kappa shape index (κ2) is 5.27. The Kier molecular flexibility index (Phi) is 3.99. The van der Waals surface area contributed by atoms with E-state index in [2.05, 4.69) is 30.5 Å². The van der Waals surface area contributed by atoms with Gasteiger partial charge in [-0.2, -0.15) is 11.8 Å². The summed E-state index contributed by atoms with van der Waals surface area (Å²) in [5.74, 6) is 1.91. The first kappa shape index (κ1) is 11.3. The number of hydrogen-bond donors (Lipinski definition) is 0. The summed E-state index contributed by atoms with van der Waals surface area (Å²) in [6.45, 7) is 0. The Hall–Kier alpha value is -0.140. The molecule has 0 amide bonds. The minimum atomic E-state index is 0.238. The van der Waals surface area contributed by atoms with Gasteiger partial charge in [-0.15, -0.1) is 11.6 Å². The van der Waals surface area contributed by atoms with Crippen molar-refractivity contribution in [1.82, 2.24) is 0 Å². The molecule has 2 heteroatoms. The number of benzene rings is 1. The van der Waals surface area contributed by atoms with Crippen LogP contribution >= 0.6 is 23.4 Å². The monoisotopic (exact) mass is 240 g/mol. The van der Waals surface area contributed by atoms with Gasteiger partial charge in [-0.1, -0.05) is 24.3 Å². The highest BCUT2D eigenvalue weighted by molar-refractivity contribution is 7.98. The van der Waals surface area contributed by atoms with Gasteiger partial charge < -0.3 is 0 Å². The molecule has 1 aromatic carbocycles. The number of rotatable bonds is 3. The van der Waals surface area contributed by atoms with Gasteiger partial charge in [0, 0.05) is 0 Å². The summed E-state index contributed by atoms with van der Waals surface area (Å²) in [4.78, 5) is 0. The van der Waals surface area contributed by atoms with Crippen LogP contribution in [0.25, 0.3) is 0 Å². The van der Waals surface area contributed by atoms with Crippen LogP contribution in [0.4, 0.5) is 0 Å². The quantitative estimate of drug-likeness (QED) is 0.711. The summed E-state index contributed by atoms with van der Waals surface area (Å²) in [7, 11) is 0. The van der Waals surface area contributed by atoms with Crippen molar-refractivity contribution in [2.75, 3.05) is 12.0 Å². The average Bonchev–Trinajstić information content (AvgIpc) is 2.29. The van der Waals surface area contributed by atoms with E-state index >= 15 is 0 Å². The maximum absolute atomic E-state index is 6.54. The van der Waals surface area contributed by atoms with Crippen molar-refractivity contribution in [3.05, 3.63) is 35.4 Å². The van der Waals surface area contributed by atoms with Gasteiger partial charge in [0.15, 0.2) is 0 Å². The van der Waals surface area contributed by atoms with Crippen molar-refractivity contribution >= 4 is 23.4 Å². The fourth-order valence-corrected chi connectivity index (χ4v) is 3.34. The van der Waals surface area contributed by atoms with Gasteiger partial charge in [0.2, 0.25) is 0 Å². The van der Waals surface area contributed by atoms with Crippen LogP contribution < -0.4 is 0 Å². The Morgan fingerprint density at radius 3 is 3.00 bits per heavy atom. The molecule has 0 saturated carbocycles. The van der Waals surface area contributed by atoms with E-state index in [1.54, 1.807) is 0 Å². The molecule has 0 heterocycles. The average molecular weight is 241 g/mol. The molecule has 0 fully saturated rings. The normalized spacial score (nSPS) is 24.9. The third-order valence-corrected chi connectivity index (χ3v) is 4.48. The molecule has 0 nitrogen and oxygen atoms in total. The Morgan fingerprint density at radius 1 is 1.40 bits per heavy atom. The minimum absolute atomic E-state index is 0.238. The summed E-state index contributed by atoms with van der Waals surface area (Å²) in [6.07, 6.45) is 5.88.